The van der Waals surface area contributed by atoms with Crippen LogP contribution >= 0.6 is 11.8 Å². The fraction of sp³-hybridized carbons (Fsp3) is 0.182. The first-order valence-electron chi connectivity index (χ1n) is 9.61. The summed E-state index contributed by atoms with van der Waals surface area (Å²) in [4.78, 5) is 33.4. The number of benzene rings is 2. The molecule has 0 atom stereocenters. The lowest BCUT2D eigenvalue weighted by atomic mass is 10.1. The molecule has 0 radical (unpaired) electrons. The van der Waals surface area contributed by atoms with E-state index in [1.165, 1.54) is 27.9 Å². The van der Waals surface area contributed by atoms with Crippen molar-refractivity contribution in [3.63, 3.8) is 0 Å². The Labute approximate surface area is 177 Å². The van der Waals surface area contributed by atoms with Gasteiger partial charge in [0.25, 0.3) is 5.56 Å². The zero-order valence-electron chi connectivity index (χ0n) is 16.7. The van der Waals surface area contributed by atoms with Gasteiger partial charge < -0.3 is 5.32 Å². The Kier molecular flexibility index (Phi) is 5.67. The van der Waals surface area contributed by atoms with Crippen LogP contribution in [0.15, 0.2) is 64.5 Å². The van der Waals surface area contributed by atoms with E-state index in [1.807, 2.05) is 55.5 Å². The quantitative estimate of drug-likeness (QED) is 0.465. The normalized spacial score (nSPS) is 11.0. The molecule has 0 spiro atoms. The van der Waals surface area contributed by atoms with E-state index in [9.17, 15) is 9.59 Å². The van der Waals surface area contributed by atoms with Gasteiger partial charge in [-0.3, -0.25) is 14.7 Å². The highest BCUT2D eigenvalue weighted by Gasteiger charge is 2.14. The van der Waals surface area contributed by atoms with Crippen LogP contribution in [0.3, 0.4) is 0 Å². The summed E-state index contributed by atoms with van der Waals surface area (Å²) in [6.07, 6.45) is 0.950. The second kappa shape index (κ2) is 8.54. The van der Waals surface area contributed by atoms with Crippen LogP contribution in [0.1, 0.15) is 18.1 Å². The van der Waals surface area contributed by atoms with Crippen LogP contribution in [0, 0.1) is 6.92 Å². The molecular formula is C22H21N5O2S. The molecule has 0 saturated heterocycles. The molecule has 0 fully saturated rings. The van der Waals surface area contributed by atoms with Crippen molar-refractivity contribution in [1.29, 1.82) is 0 Å². The van der Waals surface area contributed by atoms with Gasteiger partial charge in [-0.2, -0.15) is 0 Å². The first-order valence-corrected chi connectivity index (χ1v) is 10.6. The number of hydrogen-bond acceptors (Lipinski definition) is 5. The largest absolute Gasteiger partial charge is 0.325 e. The molecule has 8 heteroatoms. The Hall–Kier alpha value is -3.39. The van der Waals surface area contributed by atoms with Crippen molar-refractivity contribution in [2.45, 2.75) is 25.4 Å². The van der Waals surface area contributed by atoms with E-state index in [2.05, 4.69) is 27.3 Å². The Bertz CT molecular complexity index is 1260. The molecule has 0 aliphatic heterocycles. The zero-order chi connectivity index (χ0) is 21.1. The van der Waals surface area contributed by atoms with Gasteiger partial charge in [0.05, 0.1) is 5.75 Å². The average Bonchev–Trinajstić information content (AvgIpc) is 3.13. The first kappa shape index (κ1) is 19.9. The van der Waals surface area contributed by atoms with Crippen LogP contribution in [0.2, 0.25) is 0 Å². The van der Waals surface area contributed by atoms with Crippen molar-refractivity contribution in [1.82, 2.24) is 19.6 Å². The third-order valence-electron chi connectivity index (χ3n) is 4.69. The first-order chi connectivity index (χ1) is 14.5. The molecule has 2 N–H and O–H groups in total. The summed E-state index contributed by atoms with van der Waals surface area (Å²) >= 11 is 1.24. The second-order valence-electron chi connectivity index (χ2n) is 6.85. The maximum absolute atomic E-state index is 12.4. The molecule has 30 heavy (non-hydrogen) atoms. The van der Waals surface area contributed by atoms with E-state index in [-0.39, 0.29) is 17.2 Å². The fourth-order valence-corrected chi connectivity index (χ4v) is 3.83. The van der Waals surface area contributed by atoms with Crippen LogP contribution < -0.4 is 10.9 Å². The number of thioether (sulfide) groups is 1. The van der Waals surface area contributed by atoms with E-state index in [4.69, 9.17) is 0 Å². The SMILES string of the molecule is CCc1ccc(NC(=O)CSc2nc(-c3ccccc3C)nc3cc(=O)[nH]n23)cc1. The predicted molar refractivity (Wildman–Crippen MR) is 119 cm³/mol. The topological polar surface area (TPSA) is 92.2 Å². The number of amides is 1. The van der Waals surface area contributed by atoms with Gasteiger partial charge in [-0.15, -0.1) is 0 Å². The summed E-state index contributed by atoms with van der Waals surface area (Å²) in [6, 6.07) is 17.0. The number of carbonyl (C=O) groups excluding carboxylic acids is 1. The van der Waals surface area contributed by atoms with Crippen LogP contribution in [-0.4, -0.2) is 31.2 Å². The van der Waals surface area contributed by atoms with Gasteiger partial charge in [0.1, 0.15) is 0 Å². The number of nitrogens with zero attached hydrogens (tertiary/aromatic N) is 3. The number of aromatic amines is 1. The summed E-state index contributed by atoms with van der Waals surface area (Å²) in [5.41, 5.74) is 4.08. The van der Waals surface area contributed by atoms with E-state index < -0.39 is 0 Å². The number of aromatic nitrogens is 4. The monoisotopic (exact) mass is 419 g/mol. The van der Waals surface area contributed by atoms with Crippen LogP contribution in [0.5, 0.6) is 0 Å². The van der Waals surface area contributed by atoms with Crippen molar-refractivity contribution in [2.24, 2.45) is 0 Å². The molecular weight excluding hydrogens is 398 g/mol. The number of H-pyrrole nitrogens is 1. The van der Waals surface area contributed by atoms with Crippen LogP contribution in [0.25, 0.3) is 17.0 Å². The minimum atomic E-state index is -0.270. The van der Waals surface area contributed by atoms with E-state index in [0.717, 1.165) is 23.2 Å². The van der Waals surface area contributed by atoms with E-state index >= 15 is 0 Å². The van der Waals surface area contributed by atoms with Crippen LogP contribution in [0.4, 0.5) is 5.69 Å². The molecule has 2 heterocycles. The molecule has 2 aromatic heterocycles. The molecule has 4 rings (SSSR count). The van der Waals surface area contributed by atoms with Crippen molar-refractivity contribution in [2.75, 3.05) is 11.1 Å². The lowest BCUT2D eigenvalue weighted by Crippen LogP contribution is -2.15. The molecule has 1 amide bonds. The number of anilines is 1. The molecule has 0 bridgehead atoms. The lowest BCUT2D eigenvalue weighted by molar-refractivity contribution is -0.113. The van der Waals surface area contributed by atoms with Gasteiger partial charge in [0.2, 0.25) is 5.91 Å². The Morgan fingerprint density at radius 3 is 2.63 bits per heavy atom. The lowest BCUT2D eigenvalue weighted by Gasteiger charge is -2.09. The van der Waals surface area contributed by atoms with Gasteiger partial charge >= 0.3 is 0 Å². The van der Waals surface area contributed by atoms with E-state index in [0.29, 0.717) is 16.6 Å². The molecule has 0 unspecified atom stereocenters. The van der Waals surface area contributed by atoms with Crippen molar-refractivity contribution in [3.8, 4) is 11.4 Å². The fourth-order valence-electron chi connectivity index (χ4n) is 3.08. The number of rotatable bonds is 6. The highest BCUT2D eigenvalue weighted by molar-refractivity contribution is 7.99. The van der Waals surface area contributed by atoms with Crippen LogP contribution in [-0.2, 0) is 11.2 Å². The number of fused-ring (bicyclic) bond motifs is 1. The third-order valence-corrected chi connectivity index (χ3v) is 5.63. The number of hydrogen-bond donors (Lipinski definition) is 2. The number of aryl methyl sites for hydroxylation is 2. The summed E-state index contributed by atoms with van der Waals surface area (Å²) in [7, 11) is 0. The van der Waals surface area contributed by atoms with Gasteiger partial charge in [-0.25, -0.2) is 14.5 Å². The maximum Gasteiger partial charge on any atom is 0.266 e. The maximum atomic E-state index is 12.4. The molecule has 0 saturated carbocycles. The zero-order valence-corrected chi connectivity index (χ0v) is 17.5. The highest BCUT2D eigenvalue weighted by atomic mass is 32.2. The highest BCUT2D eigenvalue weighted by Crippen LogP contribution is 2.24. The summed E-state index contributed by atoms with van der Waals surface area (Å²) in [5, 5.41) is 6.07. The predicted octanol–water partition coefficient (Wildman–Crippen LogP) is 3.69. The van der Waals surface area contributed by atoms with Gasteiger partial charge in [0.15, 0.2) is 16.6 Å². The van der Waals surface area contributed by atoms with Crippen molar-refractivity contribution in [3.05, 3.63) is 76.1 Å². The average molecular weight is 420 g/mol. The van der Waals surface area contributed by atoms with Gasteiger partial charge in [0, 0.05) is 17.3 Å². The van der Waals surface area contributed by atoms with Crippen molar-refractivity contribution < 1.29 is 4.79 Å². The molecule has 2 aromatic carbocycles. The number of nitrogens with one attached hydrogen (secondary N) is 2. The molecule has 0 aliphatic rings. The summed E-state index contributed by atoms with van der Waals surface area (Å²) in [6.45, 7) is 4.07. The molecule has 152 valence electrons. The Morgan fingerprint density at radius 1 is 1.13 bits per heavy atom. The second-order valence-corrected chi connectivity index (χ2v) is 7.79. The minimum absolute atomic E-state index is 0.148. The standard InChI is InChI=1S/C22H21N5O2S/c1-3-15-8-10-16(11-9-15)23-20(29)13-30-22-25-21(17-7-5-4-6-14(17)2)24-18-12-19(28)26-27(18)22/h4-12H,3,13H2,1-2H3,(H,23,29)(H,26,28). The third kappa shape index (κ3) is 4.28. The Balaban J connectivity index is 1.57. The number of carbonyl (C=O) groups is 1. The molecule has 4 aromatic rings. The Morgan fingerprint density at radius 2 is 1.90 bits per heavy atom. The summed E-state index contributed by atoms with van der Waals surface area (Å²) in [5.74, 6) is 0.517. The molecule has 7 nitrogen and oxygen atoms in total. The minimum Gasteiger partial charge on any atom is -0.325 e. The summed E-state index contributed by atoms with van der Waals surface area (Å²) < 4.78 is 1.51. The van der Waals surface area contributed by atoms with Crippen molar-refractivity contribution >= 4 is 29.0 Å². The van der Waals surface area contributed by atoms with E-state index in [1.54, 1.807) is 0 Å². The van der Waals surface area contributed by atoms with Gasteiger partial charge in [-0.1, -0.05) is 55.1 Å². The smallest absolute Gasteiger partial charge is 0.266 e. The molecule has 0 aliphatic carbocycles. The van der Waals surface area contributed by atoms with Gasteiger partial charge in [-0.05, 0) is 36.6 Å².